The van der Waals surface area contributed by atoms with Crippen LogP contribution in [-0.4, -0.2) is 39.4 Å². The first-order valence-corrected chi connectivity index (χ1v) is 6.97. The third-order valence-electron chi connectivity index (χ3n) is 3.23. The highest BCUT2D eigenvalue weighted by atomic mass is 16.5. The van der Waals surface area contributed by atoms with E-state index in [1.807, 2.05) is 0 Å². The van der Waals surface area contributed by atoms with Gasteiger partial charge in [-0.25, -0.2) is 4.79 Å². The highest BCUT2D eigenvalue weighted by Crippen LogP contribution is 2.31. The van der Waals surface area contributed by atoms with E-state index in [0.29, 0.717) is 5.56 Å². The fraction of sp³-hybridized carbons (Fsp3) is 0.0588. The van der Waals surface area contributed by atoms with Gasteiger partial charge in [-0.05, 0) is 23.8 Å². The van der Waals surface area contributed by atoms with Crippen LogP contribution in [0.25, 0.3) is 6.08 Å². The Morgan fingerprint density at radius 3 is 2.36 bits per heavy atom. The normalized spacial score (nSPS) is 10.6. The molecule has 0 spiro atoms. The van der Waals surface area contributed by atoms with Crippen LogP contribution < -0.4 is 10.1 Å². The zero-order valence-corrected chi connectivity index (χ0v) is 13.1. The second-order valence-electron chi connectivity index (χ2n) is 4.95. The number of ether oxygens (including phenoxy) is 1. The monoisotopic (exact) mass is 345 g/mol. The fourth-order valence-corrected chi connectivity index (χ4v) is 2.00. The number of aromatic hydroxyl groups is 3. The van der Waals surface area contributed by atoms with Gasteiger partial charge in [0.1, 0.15) is 0 Å². The van der Waals surface area contributed by atoms with Gasteiger partial charge in [0.25, 0.3) is 0 Å². The van der Waals surface area contributed by atoms with Gasteiger partial charge in [0, 0.05) is 18.2 Å². The number of aromatic carboxylic acids is 1. The Labute approximate surface area is 142 Å². The lowest BCUT2D eigenvalue weighted by Crippen LogP contribution is -2.12. The number of carboxylic acids is 1. The molecule has 0 radical (unpaired) electrons. The molecule has 2 aromatic rings. The van der Waals surface area contributed by atoms with Gasteiger partial charge in [-0.15, -0.1) is 0 Å². The van der Waals surface area contributed by atoms with Crippen molar-refractivity contribution in [2.75, 3.05) is 12.4 Å². The first-order valence-electron chi connectivity index (χ1n) is 6.97. The number of rotatable bonds is 5. The minimum absolute atomic E-state index is 0.0465. The highest BCUT2D eigenvalue weighted by Gasteiger charge is 2.15. The molecule has 0 aromatic heterocycles. The van der Waals surface area contributed by atoms with E-state index in [1.54, 1.807) is 6.07 Å². The van der Waals surface area contributed by atoms with Gasteiger partial charge < -0.3 is 30.5 Å². The molecule has 0 heterocycles. The number of hydrogen-bond acceptors (Lipinski definition) is 6. The molecule has 130 valence electrons. The molecular formula is C17H15NO7. The van der Waals surface area contributed by atoms with E-state index < -0.39 is 23.4 Å². The molecule has 0 aliphatic carbocycles. The van der Waals surface area contributed by atoms with Crippen molar-refractivity contribution < 1.29 is 34.8 Å². The molecule has 0 aliphatic heterocycles. The van der Waals surface area contributed by atoms with Crippen molar-refractivity contribution >= 4 is 23.6 Å². The average Bonchev–Trinajstić information content (AvgIpc) is 2.57. The molecule has 0 aliphatic rings. The Morgan fingerprint density at radius 2 is 1.72 bits per heavy atom. The van der Waals surface area contributed by atoms with E-state index in [4.69, 9.17) is 9.84 Å². The van der Waals surface area contributed by atoms with Gasteiger partial charge in [0.05, 0.1) is 18.4 Å². The van der Waals surface area contributed by atoms with Crippen LogP contribution in [0.15, 0.2) is 36.4 Å². The van der Waals surface area contributed by atoms with Gasteiger partial charge in [-0.3, -0.25) is 4.79 Å². The lowest BCUT2D eigenvalue weighted by Gasteiger charge is -2.08. The molecule has 1 amide bonds. The molecule has 0 fully saturated rings. The number of hydrogen-bond donors (Lipinski definition) is 5. The summed E-state index contributed by atoms with van der Waals surface area (Å²) >= 11 is 0. The molecule has 2 aromatic carbocycles. The Bertz CT molecular complexity index is 858. The molecule has 0 bridgehead atoms. The topological polar surface area (TPSA) is 136 Å². The van der Waals surface area contributed by atoms with Crippen LogP contribution in [0.5, 0.6) is 23.0 Å². The summed E-state index contributed by atoms with van der Waals surface area (Å²) in [6.07, 6.45) is 2.57. The van der Waals surface area contributed by atoms with Crippen LogP contribution >= 0.6 is 0 Å². The lowest BCUT2D eigenvalue weighted by molar-refractivity contribution is -0.111. The maximum atomic E-state index is 12.0. The van der Waals surface area contributed by atoms with Crippen molar-refractivity contribution in [1.82, 2.24) is 0 Å². The Kier molecular flexibility index (Phi) is 5.13. The molecule has 8 heteroatoms. The molecule has 0 atom stereocenters. The van der Waals surface area contributed by atoms with Gasteiger partial charge in [0.2, 0.25) is 5.91 Å². The summed E-state index contributed by atoms with van der Waals surface area (Å²) in [4.78, 5) is 23.1. The maximum Gasteiger partial charge on any atom is 0.337 e. The van der Waals surface area contributed by atoms with Crippen LogP contribution in [0, 0.1) is 0 Å². The lowest BCUT2D eigenvalue weighted by atomic mass is 10.1. The molecule has 2 rings (SSSR count). The quantitative estimate of drug-likeness (QED) is 0.318. The van der Waals surface area contributed by atoms with Crippen molar-refractivity contribution in [3.63, 3.8) is 0 Å². The number of carbonyl (C=O) groups is 2. The maximum absolute atomic E-state index is 12.0. The standard InChI is InChI=1S/C17H15NO7/c1-25-15-6-9(2-4-12(15)19)3-5-16(22)18-11-8-14(21)13(20)7-10(11)17(23)24/h2-8,19-21H,1H3,(H,18,22)(H,23,24)/b5-3+. The number of methoxy groups -OCH3 is 1. The van der Waals surface area contributed by atoms with E-state index in [0.717, 1.165) is 18.2 Å². The molecule has 0 saturated carbocycles. The van der Waals surface area contributed by atoms with Crippen molar-refractivity contribution in [1.29, 1.82) is 0 Å². The minimum Gasteiger partial charge on any atom is -0.504 e. The van der Waals surface area contributed by atoms with Crippen LogP contribution in [0.4, 0.5) is 5.69 Å². The van der Waals surface area contributed by atoms with Gasteiger partial charge in [-0.2, -0.15) is 0 Å². The Morgan fingerprint density at radius 1 is 1.04 bits per heavy atom. The minimum atomic E-state index is -1.38. The summed E-state index contributed by atoms with van der Waals surface area (Å²) in [6.45, 7) is 0. The van der Waals surface area contributed by atoms with Crippen LogP contribution in [0.1, 0.15) is 15.9 Å². The van der Waals surface area contributed by atoms with E-state index >= 15 is 0 Å². The third-order valence-corrected chi connectivity index (χ3v) is 3.23. The van der Waals surface area contributed by atoms with Crippen LogP contribution in [0.3, 0.4) is 0 Å². The highest BCUT2D eigenvalue weighted by molar-refractivity contribution is 6.06. The summed E-state index contributed by atoms with van der Waals surface area (Å²) < 4.78 is 4.95. The van der Waals surface area contributed by atoms with Crippen molar-refractivity contribution in [2.24, 2.45) is 0 Å². The second-order valence-corrected chi connectivity index (χ2v) is 4.95. The number of benzene rings is 2. The van der Waals surface area contributed by atoms with E-state index in [-0.39, 0.29) is 22.7 Å². The first-order chi connectivity index (χ1) is 11.8. The van der Waals surface area contributed by atoms with E-state index in [9.17, 15) is 24.9 Å². The smallest absolute Gasteiger partial charge is 0.337 e. The van der Waals surface area contributed by atoms with Gasteiger partial charge in [0.15, 0.2) is 23.0 Å². The zero-order chi connectivity index (χ0) is 18.6. The van der Waals surface area contributed by atoms with Gasteiger partial charge >= 0.3 is 5.97 Å². The fourth-order valence-electron chi connectivity index (χ4n) is 2.00. The number of carbonyl (C=O) groups excluding carboxylic acids is 1. The number of anilines is 1. The predicted molar refractivity (Wildman–Crippen MR) is 89.1 cm³/mol. The summed E-state index contributed by atoms with van der Waals surface area (Å²) in [7, 11) is 1.39. The molecule has 0 unspecified atom stereocenters. The number of nitrogens with one attached hydrogen (secondary N) is 1. The second kappa shape index (κ2) is 7.26. The number of phenols is 3. The Balaban J connectivity index is 2.20. The summed E-state index contributed by atoms with van der Waals surface area (Å²) in [6, 6.07) is 6.23. The zero-order valence-electron chi connectivity index (χ0n) is 13.1. The third kappa shape index (κ3) is 4.20. The number of phenolic OH excluding ortho intramolecular Hbond substituents is 3. The number of carboxylic acid groups (broad SMARTS) is 1. The molecule has 25 heavy (non-hydrogen) atoms. The summed E-state index contributed by atoms with van der Waals surface area (Å²) in [5.41, 5.74) is 0.0286. The predicted octanol–water partition coefficient (Wildman–Crippen LogP) is 2.16. The van der Waals surface area contributed by atoms with Crippen LogP contribution in [-0.2, 0) is 4.79 Å². The number of amides is 1. The summed E-state index contributed by atoms with van der Waals surface area (Å²) in [5.74, 6) is -3.01. The summed E-state index contributed by atoms with van der Waals surface area (Å²) in [5, 5.41) is 39.7. The van der Waals surface area contributed by atoms with Gasteiger partial charge in [-0.1, -0.05) is 6.07 Å². The van der Waals surface area contributed by atoms with E-state index in [2.05, 4.69) is 5.32 Å². The molecule has 0 saturated heterocycles. The largest absolute Gasteiger partial charge is 0.504 e. The van der Waals surface area contributed by atoms with Crippen LogP contribution in [0.2, 0.25) is 0 Å². The van der Waals surface area contributed by atoms with Crippen molar-refractivity contribution in [3.8, 4) is 23.0 Å². The first kappa shape index (κ1) is 17.7. The molecular weight excluding hydrogens is 330 g/mol. The Hall–Kier alpha value is -3.68. The molecule has 8 nitrogen and oxygen atoms in total. The average molecular weight is 345 g/mol. The SMILES string of the molecule is COc1cc(/C=C/C(=O)Nc2cc(O)c(O)cc2C(=O)O)ccc1O. The molecule has 5 N–H and O–H groups in total. The van der Waals surface area contributed by atoms with E-state index in [1.165, 1.54) is 25.3 Å². The van der Waals surface area contributed by atoms with Crippen molar-refractivity contribution in [3.05, 3.63) is 47.5 Å². The van der Waals surface area contributed by atoms with Crippen molar-refractivity contribution in [2.45, 2.75) is 0 Å².